The monoisotopic (exact) mass is 468 g/mol. The third-order valence-electron chi connectivity index (χ3n) is 5.19. The van der Waals surface area contributed by atoms with Crippen LogP contribution in [-0.4, -0.2) is 16.5 Å². The molecule has 0 aliphatic carbocycles. The number of aromatic nitrogens is 2. The van der Waals surface area contributed by atoms with Crippen LogP contribution in [0.5, 0.6) is 0 Å². The first-order valence-corrected chi connectivity index (χ1v) is 10.5. The number of anilines is 1. The van der Waals surface area contributed by atoms with Gasteiger partial charge in [0, 0.05) is 24.2 Å². The molecule has 0 aliphatic rings. The fourth-order valence-electron chi connectivity index (χ4n) is 3.40. The van der Waals surface area contributed by atoms with Crippen LogP contribution in [0.3, 0.4) is 0 Å². The van der Waals surface area contributed by atoms with E-state index in [-0.39, 0.29) is 11.1 Å². The van der Waals surface area contributed by atoms with Crippen LogP contribution in [0.1, 0.15) is 17.2 Å². The molecule has 1 heterocycles. The van der Waals surface area contributed by atoms with Crippen LogP contribution in [0.25, 0.3) is 22.4 Å². The van der Waals surface area contributed by atoms with Gasteiger partial charge in [0.2, 0.25) is 0 Å². The van der Waals surface area contributed by atoms with Gasteiger partial charge in [-0.25, -0.2) is 9.97 Å². The van der Waals surface area contributed by atoms with Crippen molar-refractivity contribution >= 4 is 17.4 Å². The van der Waals surface area contributed by atoms with Gasteiger partial charge in [-0.15, -0.1) is 0 Å². The third-order valence-corrected chi connectivity index (χ3v) is 5.50. The number of alkyl halides is 3. The summed E-state index contributed by atoms with van der Waals surface area (Å²) in [4.78, 5) is 8.32. The topological polar surface area (TPSA) is 63.8 Å². The number of hydrogen-bond acceptors (Lipinski definition) is 4. The van der Waals surface area contributed by atoms with E-state index in [1.165, 1.54) is 18.5 Å². The lowest BCUT2D eigenvalue weighted by atomic mass is 10.0. The largest absolute Gasteiger partial charge is 0.417 e. The Morgan fingerprint density at radius 1 is 0.848 bits per heavy atom. The second kappa shape index (κ2) is 9.60. The van der Waals surface area contributed by atoms with Gasteiger partial charge in [-0.2, -0.15) is 13.2 Å². The number of nitrogens with two attached hydrogens (primary N) is 1. The van der Waals surface area contributed by atoms with E-state index >= 15 is 0 Å². The molecule has 4 aromatic rings. The first-order valence-electron chi connectivity index (χ1n) is 10.2. The van der Waals surface area contributed by atoms with Gasteiger partial charge in [-0.3, -0.25) is 0 Å². The van der Waals surface area contributed by atoms with Gasteiger partial charge in [0.15, 0.2) is 0 Å². The lowest BCUT2D eigenvalue weighted by Crippen LogP contribution is -2.21. The molecule has 0 saturated carbocycles. The maximum atomic E-state index is 12.9. The summed E-state index contributed by atoms with van der Waals surface area (Å²) >= 11 is 5.83. The Morgan fingerprint density at radius 2 is 1.52 bits per heavy atom. The van der Waals surface area contributed by atoms with E-state index in [0.29, 0.717) is 23.6 Å². The van der Waals surface area contributed by atoms with Crippen molar-refractivity contribution in [3.8, 4) is 22.4 Å². The predicted octanol–water partition coefficient (Wildman–Crippen LogP) is 6.59. The Kier molecular flexibility index (Phi) is 6.62. The normalized spacial score (nSPS) is 12.4. The summed E-state index contributed by atoms with van der Waals surface area (Å²) < 4.78 is 38.8. The number of benzene rings is 3. The summed E-state index contributed by atoms with van der Waals surface area (Å²) in [6.07, 6.45) is -3.17. The molecule has 1 atom stereocenters. The highest BCUT2D eigenvalue weighted by Gasteiger charge is 2.33. The number of rotatable bonds is 6. The fourth-order valence-corrected chi connectivity index (χ4v) is 3.69. The molecule has 168 valence electrons. The lowest BCUT2D eigenvalue weighted by Gasteiger charge is -2.15. The van der Waals surface area contributed by atoms with Gasteiger partial charge >= 0.3 is 6.18 Å². The molecule has 0 unspecified atom stereocenters. The Bertz CT molecular complexity index is 1230. The first kappa shape index (κ1) is 22.8. The van der Waals surface area contributed by atoms with Gasteiger partial charge < -0.3 is 11.1 Å². The summed E-state index contributed by atoms with van der Waals surface area (Å²) in [5.74, 6) is 0.507. The molecular formula is C25H20ClF3N4. The molecule has 0 saturated heterocycles. The Labute approximate surface area is 194 Å². The average Bonchev–Trinajstić information content (AvgIpc) is 2.82. The molecule has 33 heavy (non-hydrogen) atoms. The van der Waals surface area contributed by atoms with Crippen molar-refractivity contribution in [2.75, 3.05) is 11.9 Å². The molecule has 8 heteroatoms. The molecular weight excluding hydrogens is 449 g/mol. The lowest BCUT2D eigenvalue weighted by molar-refractivity contribution is -0.137. The van der Waals surface area contributed by atoms with Crippen LogP contribution in [0.4, 0.5) is 19.0 Å². The number of nitrogens with zero attached hydrogens (tertiary/aromatic N) is 2. The molecule has 4 rings (SSSR count). The number of halogens is 4. The quantitative estimate of drug-likeness (QED) is 0.335. The molecule has 0 amide bonds. The van der Waals surface area contributed by atoms with Crippen molar-refractivity contribution in [1.82, 2.24) is 9.97 Å². The summed E-state index contributed by atoms with van der Waals surface area (Å²) in [6.45, 7) is 0.412. The van der Waals surface area contributed by atoms with E-state index in [4.69, 9.17) is 17.3 Å². The van der Waals surface area contributed by atoms with Gasteiger partial charge in [0.1, 0.15) is 12.1 Å². The van der Waals surface area contributed by atoms with E-state index in [0.717, 1.165) is 22.8 Å². The third kappa shape index (κ3) is 5.50. The van der Waals surface area contributed by atoms with E-state index in [1.807, 2.05) is 54.6 Å². The highest BCUT2D eigenvalue weighted by molar-refractivity contribution is 6.31. The summed E-state index contributed by atoms with van der Waals surface area (Å²) in [5, 5.41) is 2.78. The minimum atomic E-state index is -4.51. The zero-order valence-corrected chi connectivity index (χ0v) is 18.1. The van der Waals surface area contributed by atoms with E-state index in [2.05, 4.69) is 15.3 Å². The van der Waals surface area contributed by atoms with Crippen molar-refractivity contribution in [2.24, 2.45) is 5.73 Å². The van der Waals surface area contributed by atoms with Crippen LogP contribution in [-0.2, 0) is 6.18 Å². The highest BCUT2D eigenvalue weighted by atomic mass is 35.5. The van der Waals surface area contributed by atoms with Gasteiger partial charge in [-0.05, 0) is 28.8 Å². The number of hydrogen-bond donors (Lipinski definition) is 2. The van der Waals surface area contributed by atoms with Crippen molar-refractivity contribution in [2.45, 2.75) is 12.2 Å². The zero-order valence-electron chi connectivity index (χ0n) is 17.4. The molecule has 3 aromatic carbocycles. The second-order valence-corrected chi connectivity index (χ2v) is 7.86. The minimum absolute atomic E-state index is 0.284. The maximum absolute atomic E-state index is 12.9. The molecule has 0 radical (unpaired) electrons. The van der Waals surface area contributed by atoms with E-state index < -0.39 is 11.7 Å². The predicted molar refractivity (Wildman–Crippen MR) is 125 cm³/mol. The first-order chi connectivity index (χ1) is 15.8. The number of nitrogens with one attached hydrogen (secondary N) is 1. The molecule has 0 fully saturated rings. The standard InChI is InChI=1S/C25H20ClF3N4/c26-21-12-19(10-11-20(21)25(27,28)29)23-13-24(33-15-32-23)31-14-22(30)18-8-6-17(7-9-18)16-4-2-1-3-5-16/h1-13,15,22H,14,30H2,(H,31,32,33)/t22-/m0/s1. The van der Waals surface area contributed by atoms with Crippen molar-refractivity contribution in [3.05, 3.63) is 101 Å². The molecule has 3 N–H and O–H groups in total. The van der Waals surface area contributed by atoms with Crippen LogP contribution in [0, 0.1) is 0 Å². The van der Waals surface area contributed by atoms with Crippen LogP contribution in [0.15, 0.2) is 85.2 Å². The fraction of sp³-hybridized carbons (Fsp3) is 0.120. The SMILES string of the molecule is N[C@@H](CNc1cc(-c2ccc(C(F)(F)F)c(Cl)c2)ncn1)c1ccc(-c2ccccc2)cc1. The van der Waals surface area contributed by atoms with E-state index in [1.54, 1.807) is 6.07 Å². The summed E-state index contributed by atoms with van der Waals surface area (Å²) in [7, 11) is 0. The highest BCUT2D eigenvalue weighted by Crippen LogP contribution is 2.36. The zero-order chi connectivity index (χ0) is 23.4. The minimum Gasteiger partial charge on any atom is -0.368 e. The molecule has 0 spiro atoms. The van der Waals surface area contributed by atoms with Crippen LogP contribution >= 0.6 is 11.6 Å². The second-order valence-electron chi connectivity index (χ2n) is 7.46. The van der Waals surface area contributed by atoms with Crippen molar-refractivity contribution in [3.63, 3.8) is 0 Å². The Balaban J connectivity index is 1.43. The van der Waals surface area contributed by atoms with Crippen molar-refractivity contribution < 1.29 is 13.2 Å². The Morgan fingerprint density at radius 3 is 2.18 bits per heavy atom. The van der Waals surface area contributed by atoms with Crippen LogP contribution in [0.2, 0.25) is 5.02 Å². The van der Waals surface area contributed by atoms with Crippen molar-refractivity contribution in [1.29, 1.82) is 0 Å². The van der Waals surface area contributed by atoms with E-state index in [9.17, 15) is 13.2 Å². The molecule has 4 nitrogen and oxygen atoms in total. The van der Waals surface area contributed by atoms with Gasteiger partial charge in [0.05, 0.1) is 16.3 Å². The smallest absolute Gasteiger partial charge is 0.368 e. The van der Waals surface area contributed by atoms with Gasteiger partial charge in [0.25, 0.3) is 0 Å². The molecule has 1 aromatic heterocycles. The summed E-state index contributed by atoms with van der Waals surface area (Å²) in [5.41, 5.74) is 9.55. The van der Waals surface area contributed by atoms with Crippen LogP contribution < -0.4 is 11.1 Å². The van der Waals surface area contributed by atoms with Gasteiger partial charge in [-0.1, -0.05) is 72.3 Å². The molecule has 0 bridgehead atoms. The molecule has 0 aliphatic heterocycles. The maximum Gasteiger partial charge on any atom is 0.417 e. The Hall–Kier alpha value is -3.42. The summed E-state index contributed by atoms with van der Waals surface area (Å²) in [6, 6.07) is 23.0. The average molecular weight is 469 g/mol.